The fourth-order valence-electron chi connectivity index (χ4n) is 2.63. The Hall–Kier alpha value is -0.940. The molecule has 2 unspecified atom stereocenters. The average molecular weight is 386 g/mol. The zero-order valence-electron chi connectivity index (χ0n) is 11.2. The van der Waals surface area contributed by atoms with Gasteiger partial charge in [0.2, 0.25) is 0 Å². The Labute approximate surface area is 147 Å². The molecule has 0 saturated heterocycles. The molecule has 0 spiro atoms. The Morgan fingerprint density at radius 2 is 1.14 bits per heavy atom. The van der Waals surface area contributed by atoms with E-state index in [0.29, 0.717) is 0 Å². The first-order valence-corrected chi connectivity index (χ1v) is 7.46. The summed E-state index contributed by atoms with van der Waals surface area (Å²) in [5, 5.41) is 18.2. The Morgan fingerprint density at radius 3 is 1.32 bits per heavy atom. The molecule has 0 heterocycles. The minimum Gasteiger partial charge on any atom is -0.481 e. The standard InChI is InChI=1S/C14H12Cl4O4/c1-3-5-13(11(19)20)9(17)7(15)8(16)10(18)14(13,6-4-2)12(21)22/h3-4H,1-2,5-6H2,(H,19,20)(H,21,22). The van der Waals surface area contributed by atoms with Crippen molar-refractivity contribution in [1.29, 1.82) is 0 Å². The molecule has 0 aromatic carbocycles. The van der Waals surface area contributed by atoms with Gasteiger partial charge < -0.3 is 10.2 Å². The largest absolute Gasteiger partial charge is 0.481 e. The Morgan fingerprint density at radius 1 is 0.864 bits per heavy atom. The van der Waals surface area contributed by atoms with Gasteiger partial charge in [-0.05, 0) is 12.8 Å². The van der Waals surface area contributed by atoms with E-state index >= 15 is 0 Å². The molecule has 2 atom stereocenters. The molecule has 0 amide bonds. The van der Waals surface area contributed by atoms with Crippen LogP contribution < -0.4 is 0 Å². The zero-order valence-corrected chi connectivity index (χ0v) is 14.2. The first-order chi connectivity index (χ1) is 10.1. The highest BCUT2D eigenvalue weighted by molar-refractivity contribution is 6.53. The van der Waals surface area contributed by atoms with Crippen molar-refractivity contribution in [2.75, 3.05) is 0 Å². The molecule has 22 heavy (non-hydrogen) atoms. The van der Waals surface area contributed by atoms with Crippen LogP contribution in [0.1, 0.15) is 12.8 Å². The number of carboxylic acid groups (broad SMARTS) is 2. The van der Waals surface area contributed by atoms with Gasteiger partial charge in [0.05, 0.1) is 20.1 Å². The lowest BCUT2D eigenvalue weighted by Gasteiger charge is -2.46. The van der Waals surface area contributed by atoms with E-state index in [0.717, 1.165) is 0 Å². The van der Waals surface area contributed by atoms with E-state index in [2.05, 4.69) is 13.2 Å². The van der Waals surface area contributed by atoms with Gasteiger partial charge >= 0.3 is 11.9 Å². The summed E-state index contributed by atoms with van der Waals surface area (Å²) in [6.07, 6.45) is 1.87. The van der Waals surface area contributed by atoms with Gasteiger partial charge in [0.1, 0.15) is 10.8 Å². The summed E-state index contributed by atoms with van der Waals surface area (Å²) < 4.78 is 0. The topological polar surface area (TPSA) is 74.6 Å². The monoisotopic (exact) mass is 384 g/mol. The lowest BCUT2D eigenvalue weighted by molar-refractivity contribution is -0.166. The van der Waals surface area contributed by atoms with Crippen LogP contribution in [-0.4, -0.2) is 22.2 Å². The average Bonchev–Trinajstić information content (AvgIpc) is 2.45. The molecule has 1 aliphatic carbocycles. The predicted molar refractivity (Wildman–Crippen MR) is 87.2 cm³/mol. The summed E-state index contributed by atoms with van der Waals surface area (Å²) in [4.78, 5) is 24.0. The quantitative estimate of drug-likeness (QED) is 0.651. The van der Waals surface area contributed by atoms with Crippen LogP contribution in [0.3, 0.4) is 0 Å². The highest BCUT2D eigenvalue weighted by Gasteiger charge is 2.67. The maximum absolute atomic E-state index is 12.0. The third kappa shape index (κ3) is 2.29. The number of carboxylic acids is 2. The summed E-state index contributed by atoms with van der Waals surface area (Å²) in [5.74, 6) is -3.00. The highest BCUT2D eigenvalue weighted by Crippen LogP contribution is 2.63. The maximum Gasteiger partial charge on any atom is 0.317 e. The second-order valence-corrected chi connectivity index (χ2v) is 6.17. The van der Waals surface area contributed by atoms with Gasteiger partial charge in [-0.1, -0.05) is 58.6 Å². The molecule has 0 aliphatic heterocycles. The van der Waals surface area contributed by atoms with Crippen molar-refractivity contribution >= 4 is 58.3 Å². The first-order valence-electron chi connectivity index (χ1n) is 5.95. The third-order valence-corrected chi connectivity index (χ3v) is 5.76. The number of halogens is 4. The third-order valence-electron chi connectivity index (χ3n) is 3.69. The molecular weight excluding hydrogens is 374 g/mol. The van der Waals surface area contributed by atoms with Gasteiger partial charge in [0.25, 0.3) is 0 Å². The second kappa shape index (κ2) is 6.67. The van der Waals surface area contributed by atoms with E-state index in [1.54, 1.807) is 0 Å². The van der Waals surface area contributed by atoms with Crippen molar-refractivity contribution < 1.29 is 19.8 Å². The number of allylic oxidation sites excluding steroid dienone is 4. The summed E-state index contributed by atoms with van der Waals surface area (Å²) in [6.45, 7) is 6.94. The fourth-order valence-corrected chi connectivity index (χ4v) is 4.07. The van der Waals surface area contributed by atoms with Crippen molar-refractivity contribution in [3.8, 4) is 0 Å². The zero-order chi connectivity index (χ0) is 17.3. The van der Waals surface area contributed by atoms with Crippen LogP contribution in [0.2, 0.25) is 0 Å². The second-order valence-electron chi connectivity index (χ2n) is 4.66. The van der Waals surface area contributed by atoms with E-state index in [-0.39, 0.29) is 22.9 Å². The normalized spacial score (nSPS) is 28.5. The molecule has 8 heteroatoms. The number of rotatable bonds is 6. The molecule has 2 N–H and O–H groups in total. The van der Waals surface area contributed by atoms with Crippen LogP contribution in [0.15, 0.2) is 45.4 Å². The molecule has 1 aliphatic rings. The Bertz CT molecular complexity index is 568. The molecule has 0 saturated carbocycles. The summed E-state index contributed by atoms with van der Waals surface area (Å²) >= 11 is 24.2. The highest BCUT2D eigenvalue weighted by atomic mass is 35.5. The molecule has 0 bridgehead atoms. The SMILES string of the molecule is C=CCC1(C(=O)O)C(Cl)=C(Cl)C(Cl)=C(Cl)C1(CC=C)C(=O)O. The molecule has 4 nitrogen and oxygen atoms in total. The summed E-state index contributed by atoms with van der Waals surface area (Å²) in [5.41, 5.74) is -4.27. The fraction of sp³-hybridized carbons (Fsp3) is 0.286. The Balaban J connectivity index is 4.03. The smallest absolute Gasteiger partial charge is 0.317 e. The van der Waals surface area contributed by atoms with Crippen LogP contribution >= 0.6 is 46.4 Å². The van der Waals surface area contributed by atoms with Crippen molar-refractivity contribution in [1.82, 2.24) is 0 Å². The van der Waals surface area contributed by atoms with Crippen molar-refractivity contribution in [3.63, 3.8) is 0 Å². The Kier molecular flexibility index (Phi) is 5.79. The van der Waals surface area contributed by atoms with Gasteiger partial charge in [0.15, 0.2) is 0 Å². The molecule has 0 aromatic rings. The van der Waals surface area contributed by atoms with Crippen molar-refractivity contribution in [3.05, 3.63) is 45.4 Å². The van der Waals surface area contributed by atoms with Gasteiger partial charge in [-0.2, -0.15) is 0 Å². The molecule has 0 radical (unpaired) electrons. The molecule has 120 valence electrons. The van der Waals surface area contributed by atoms with E-state index in [9.17, 15) is 19.8 Å². The number of aliphatic carboxylic acids is 2. The summed E-state index contributed by atoms with van der Waals surface area (Å²) in [7, 11) is 0. The molecule has 1 rings (SSSR count). The van der Waals surface area contributed by atoms with E-state index < -0.39 is 32.8 Å². The van der Waals surface area contributed by atoms with Crippen LogP contribution in [0.5, 0.6) is 0 Å². The van der Waals surface area contributed by atoms with Crippen LogP contribution in [-0.2, 0) is 9.59 Å². The van der Waals surface area contributed by atoms with Gasteiger partial charge in [-0.3, -0.25) is 9.59 Å². The summed E-state index contributed by atoms with van der Waals surface area (Å²) in [6, 6.07) is 0. The number of carbonyl (C=O) groups is 2. The van der Waals surface area contributed by atoms with E-state index in [1.807, 2.05) is 0 Å². The lowest BCUT2D eigenvalue weighted by Crippen LogP contribution is -2.54. The molecule has 0 fully saturated rings. The van der Waals surface area contributed by atoms with Crippen molar-refractivity contribution in [2.24, 2.45) is 10.8 Å². The lowest BCUT2D eigenvalue weighted by atomic mass is 9.57. The van der Waals surface area contributed by atoms with Crippen molar-refractivity contribution in [2.45, 2.75) is 12.8 Å². The van der Waals surface area contributed by atoms with Gasteiger partial charge in [-0.25, -0.2) is 0 Å². The molecule has 0 aromatic heterocycles. The van der Waals surface area contributed by atoms with Crippen LogP contribution in [0, 0.1) is 10.8 Å². The van der Waals surface area contributed by atoms with Gasteiger partial charge in [-0.15, -0.1) is 13.2 Å². The number of hydrogen-bond donors (Lipinski definition) is 2. The number of hydrogen-bond acceptors (Lipinski definition) is 2. The van der Waals surface area contributed by atoms with E-state index in [1.165, 1.54) is 12.2 Å². The van der Waals surface area contributed by atoms with Crippen LogP contribution in [0.25, 0.3) is 0 Å². The predicted octanol–water partition coefficient (Wildman–Crippen LogP) is 4.67. The minimum atomic E-state index is -2.14. The van der Waals surface area contributed by atoms with Crippen LogP contribution in [0.4, 0.5) is 0 Å². The van der Waals surface area contributed by atoms with E-state index in [4.69, 9.17) is 46.4 Å². The maximum atomic E-state index is 12.0. The first kappa shape index (κ1) is 19.1. The molecular formula is C14H12Cl4O4. The minimum absolute atomic E-state index is 0.293. The van der Waals surface area contributed by atoms with Gasteiger partial charge in [0, 0.05) is 0 Å².